The van der Waals surface area contributed by atoms with Crippen LogP contribution in [0.3, 0.4) is 0 Å². The Balaban J connectivity index is 2.27. The average Bonchev–Trinajstić information content (AvgIpc) is 2.69. The first-order valence-electron chi connectivity index (χ1n) is 4.73. The molecule has 1 aliphatic heterocycles. The van der Waals surface area contributed by atoms with Gasteiger partial charge in [0, 0.05) is 9.88 Å². The molecule has 15 heavy (non-hydrogen) atoms. The van der Waals surface area contributed by atoms with Crippen LogP contribution in [0.1, 0.15) is 5.56 Å². The van der Waals surface area contributed by atoms with E-state index in [1.165, 1.54) is 5.56 Å². The molecule has 1 heterocycles. The highest BCUT2D eigenvalue weighted by Crippen LogP contribution is 2.22. The molecule has 0 amide bonds. The van der Waals surface area contributed by atoms with Crippen LogP contribution < -0.4 is 0 Å². The topological polar surface area (TPSA) is 0 Å². The molecule has 0 saturated heterocycles. The largest absolute Gasteiger partial charge is 0.369 e. The quantitative estimate of drug-likeness (QED) is 0.438. The summed E-state index contributed by atoms with van der Waals surface area (Å²) < 4.78 is 1.04. The molecule has 0 atom stereocenters. The molecule has 0 aromatic heterocycles. The number of allylic oxidation sites excluding steroid dienone is 2. The maximum atomic E-state index is 5.15. The molecule has 1 aromatic rings. The molecule has 1 aliphatic rings. The smallest absolute Gasteiger partial charge is 0.116 e. The van der Waals surface area contributed by atoms with Gasteiger partial charge in [-0.05, 0) is 12.2 Å². The van der Waals surface area contributed by atoms with E-state index in [0.29, 0.717) is 8.80 Å². The molecule has 3 heteroatoms. The van der Waals surface area contributed by atoms with E-state index < -0.39 is 0 Å². The minimum atomic E-state index is 0.481. The third-order valence-corrected chi connectivity index (χ3v) is 3.12. The molecule has 0 N–H and O–H groups in total. The van der Waals surface area contributed by atoms with E-state index in [1.54, 1.807) is 0 Å². The van der Waals surface area contributed by atoms with Crippen LogP contribution in [0.25, 0.3) is 0 Å². The second-order valence-electron chi connectivity index (χ2n) is 3.52. The van der Waals surface area contributed by atoms with E-state index in [1.807, 2.05) is 42.8 Å². The van der Waals surface area contributed by atoms with Gasteiger partial charge in [-0.15, -0.1) is 0 Å². The highest BCUT2D eigenvalue weighted by Gasteiger charge is 2.23. The summed E-state index contributed by atoms with van der Waals surface area (Å²) >= 11 is 10.3. The van der Waals surface area contributed by atoms with Crippen molar-refractivity contribution >= 4 is 29.2 Å². The van der Waals surface area contributed by atoms with Crippen molar-refractivity contribution in [3.63, 3.8) is 0 Å². The fourth-order valence-corrected chi connectivity index (χ4v) is 2.01. The predicted octanol–water partition coefficient (Wildman–Crippen LogP) is 2.88. The van der Waals surface area contributed by atoms with Gasteiger partial charge in [-0.25, -0.2) is 0 Å². The van der Waals surface area contributed by atoms with Crippen LogP contribution in [0, 0.1) is 0 Å². The van der Waals surface area contributed by atoms with Crippen molar-refractivity contribution in [3.8, 4) is 0 Å². The first-order chi connectivity index (χ1) is 7.23. The predicted molar refractivity (Wildman–Crippen MR) is 68.6 cm³/mol. The molecule has 2 rings (SSSR count). The summed E-state index contributed by atoms with van der Waals surface area (Å²) in [7, 11) is 0. The number of nitrogens with zero attached hydrogens (tertiary/aromatic N) is 1. The Labute approximate surface area is 101 Å². The summed E-state index contributed by atoms with van der Waals surface area (Å²) in [5, 5.41) is 0. The van der Waals surface area contributed by atoms with Crippen LogP contribution in [-0.2, 0) is 19.2 Å². The molecule has 0 fully saturated rings. The van der Waals surface area contributed by atoms with Crippen molar-refractivity contribution in [1.82, 2.24) is 0 Å². The second-order valence-corrected chi connectivity index (χ2v) is 4.56. The van der Waals surface area contributed by atoms with Crippen LogP contribution >= 0.6 is 12.2 Å². The van der Waals surface area contributed by atoms with Crippen molar-refractivity contribution in [2.45, 2.75) is 6.54 Å². The van der Waals surface area contributed by atoms with E-state index in [-0.39, 0.29) is 0 Å². The Bertz CT molecular complexity index is 409. The van der Waals surface area contributed by atoms with E-state index in [0.717, 1.165) is 6.54 Å². The highest BCUT2D eigenvalue weighted by molar-refractivity contribution is 7.99. The van der Waals surface area contributed by atoms with Gasteiger partial charge in [0.1, 0.15) is 18.9 Å². The van der Waals surface area contributed by atoms with Crippen LogP contribution in [0.5, 0.6) is 0 Å². The van der Waals surface area contributed by atoms with E-state index >= 15 is 0 Å². The molecule has 0 saturated carbocycles. The summed E-state index contributed by atoms with van der Waals surface area (Å²) in [6, 6.07) is 10.3. The van der Waals surface area contributed by atoms with Gasteiger partial charge < -0.3 is 24.8 Å². The van der Waals surface area contributed by atoms with Crippen LogP contribution in [0.4, 0.5) is 0 Å². The summed E-state index contributed by atoms with van der Waals surface area (Å²) in [4.78, 5) is 0. The van der Waals surface area contributed by atoms with Gasteiger partial charge in [0.2, 0.25) is 0 Å². The van der Waals surface area contributed by atoms with E-state index in [2.05, 4.69) is 12.1 Å². The molecule has 1 aromatic carbocycles. The zero-order chi connectivity index (χ0) is 10.7. The standard InChI is InChI=1S/C12H11NS2/c14-12(15)13(8-4-5-9-13)10-11-6-2-1-3-7-11/h1-9H,10H2. The lowest BCUT2D eigenvalue weighted by Gasteiger charge is -2.31. The summed E-state index contributed by atoms with van der Waals surface area (Å²) in [5.74, 6) is 0. The molecule has 0 aliphatic carbocycles. The minimum absolute atomic E-state index is 0.481. The zero-order valence-corrected chi connectivity index (χ0v) is 9.80. The number of hydrogen-bond acceptors (Lipinski definition) is 2. The van der Waals surface area contributed by atoms with Gasteiger partial charge in [-0.1, -0.05) is 30.3 Å². The normalized spacial score (nSPS) is 16.8. The molecule has 0 unspecified atom stereocenters. The van der Waals surface area contributed by atoms with Gasteiger partial charge in [0.15, 0.2) is 0 Å². The SMILES string of the molecule is S=C([S-])[N+]1(Cc2ccccc2)C=CC=C1. The van der Waals surface area contributed by atoms with E-state index in [4.69, 9.17) is 24.8 Å². The first kappa shape index (κ1) is 10.5. The van der Waals surface area contributed by atoms with Crippen LogP contribution in [0.2, 0.25) is 0 Å². The summed E-state index contributed by atoms with van der Waals surface area (Å²) in [6.07, 6.45) is 8.04. The summed E-state index contributed by atoms with van der Waals surface area (Å²) in [5.41, 5.74) is 1.24. The van der Waals surface area contributed by atoms with E-state index in [9.17, 15) is 0 Å². The lowest BCUT2D eigenvalue weighted by Crippen LogP contribution is -2.38. The monoisotopic (exact) mass is 233 g/mol. The van der Waals surface area contributed by atoms with Crippen molar-refractivity contribution in [3.05, 3.63) is 60.4 Å². The highest BCUT2D eigenvalue weighted by atomic mass is 32.1. The first-order valence-corrected chi connectivity index (χ1v) is 5.55. The van der Waals surface area contributed by atoms with Gasteiger partial charge >= 0.3 is 0 Å². The summed E-state index contributed by atoms with van der Waals surface area (Å²) in [6.45, 7) is 0.802. The molecule has 0 radical (unpaired) electrons. The molecule has 0 spiro atoms. The van der Waals surface area contributed by atoms with Gasteiger partial charge in [0.05, 0.1) is 0 Å². The number of benzene rings is 1. The molecular formula is C12H11NS2. The van der Waals surface area contributed by atoms with Crippen LogP contribution in [-0.4, -0.2) is 8.80 Å². The Hall–Kier alpha value is -1.03. The number of quaternary nitrogens is 1. The van der Waals surface area contributed by atoms with Crippen molar-refractivity contribution in [1.29, 1.82) is 0 Å². The average molecular weight is 233 g/mol. The fraction of sp³-hybridized carbons (Fsp3) is 0.0833. The lowest BCUT2D eigenvalue weighted by molar-refractivity contribution is -0.737. The van der Waals surface area contributed by atoms with Gasteiger partial charge in [-0.3, -0.25) is 4.48 Å². The Kier molecular flexibility index (Phi) is 2.95. The van der Waals surface area contributed by atoms with Gasteiger partial charge in [-0.2, -0.15) is 0 Å². The minimum Gasteiger partial charge on any atom is -0.369 e. The van der Waals surface area contributed by atoms with Gasteiger partial charge in [0.25, 0.3) is 0 Å². The number of rotatable bonds is 2. The van der Waals surface area contributed by atoms with Crippen molar-refractivity contribution in [2.75, 3.05) is 0 Å². The number of thiocarbonyl (C=S) groups is 1. The third kappa shape index (κ3) is 2.15. The van der Waals surface area contributed by atoms with Crippen molar-refractivity contribution < 1.29 is 4.48 Å². The Morgan fingerprint density at radius 2 is 1.73 bits per heavy atom. The fourth-order valence-electron chi connectivity index (χ4n) is 1.63. The van der Waals surface area contributed by atoms with Crippen LogP contribution in [0.15, 0.2) is 54.9 Å². The Morgan fingerprint density at radius 3 is 2.27 bits per heavy atom. The molecule has 1 nitrogen and oxygen atoms in total. The third-order valence-electron chi connectivity index (χ3n) is 2.44. The van der Waals surface area contributed by atoms with Crippen molar-refractivity contribution in [2.24, 2.45) is 0 Å². The maximum Gasteiger partial charge on any atom is 0.116 e. The molecule has 0 bridgehead atoms. The number of hydrogen-bond donors (Lipinski definition) is 0. The Morgan fingerprint density at radius 1 is 1.13 bits per heavy atom. The second kappa shape index (κ2) is 4.23. The zero-order valence-electron chi connectivity index (χ0n) is 8.17. The molecular weight excluding hydrogens is 222 g/mol. The molecule has 76 valence electrons. The lowest BCUT2D eigenvalue weighted by atomic mass is 10.2. The maximum absolute atomic E-state index is 5.15.